The molecule has 0 spiro atoms. The van der Waals surface area contributed by atoms with Crippen LogP contribution in [0, 0.1) is 0 Å². The molecule has 1 unspecified atom stereocenters. The molecule has 9 heteroatoms. The van der Waals surface area contributed by atoms with Gasteiger partial charge in [0.15, 0.2) is 16.9 Å². The zero-order valence-electron chi connectivity index (χ0n) is 23.1. The number of carbonyl (C=O) groups is 2. The number of ether oxygens (including phenoxy) is 3. The van der Waals surface area contributed by atoms with Crippen LogP contribution in [-0.2, 0) is 4.74 Å². The normalized spacial score (nSPS) is 14.3. The standard InChI is InChI=1S/C32H30ClNO7/c1-4-7-16-40-25-14-10-20(17-26(25)38-5-2)28-27-29(35)23-18-21(33)11-15-24(23)41-30(27)31(36)34(28)22-12-8-19(9-13-22)32(37)39-6-3/h8-15,17-18,28H,4-7,16H2,1-3H3. The summed E-state index contributed by atoms with van der Waals surface area (Å²) in [4.78, 5) is 41.6. The second-order valence-electron chi connectivity index (χ2n) is 9.50. The van der Waals surface area contributed by atoms with Crippen LogP contribution in [0.1, 0.15) is 71.7 Å². The van der Waals surface area contributed by atoms with E-state index in [4.69, 9.17) is 30.2 Å². The van der Waals surface area contributed by atoms with Crippen molar-refractivity contribution in [2.45, 2.75) is 39.7 Å². The van der Waals surface area contributed by atoms with E-state index in [1.54, 1.807) is 55.5 Å². The number of hydrogen-bond donors (Lipinski definition) is 0. The van der Waals surface area contributed by atoms with Crippen LogP contribution in [0.15, 0.2) is 69.9 Å². The Morgan fingerprint density at radius 1 is 0.927 bits per heavy atom. The first kappa shape index (κ1) is 28.2. The molecule has 0 fully saturated rings. The Bertz CT molecular complexity index is 1660. The summed E-state index contributed by atoms with van der Waals surface area (Å²) < 4.78 is 23.0. The van der Waals surface area contributed by atoms with Crippen LogP contribution < -0.4 is 19.8 Å². The Hall–Kier alpha value is -4.30. The quantitative estimate of drug-likeness (QED) is 0.149. The molecule has 1 aliphatic heterocycles. The number of unbranched alkanes of at least 4 members (excludes halogenated alkanes) is 1. The van der Waals surface area contributed by atoms with Gasteiger partial charge in [0.05, 0.1) is 42.4 Å². The van der Waals surface area contributed by atoms with Crippen molar-refractivity contribution in [3.63, 3.8) is 0 Å². The second-order valence-corrected chi connectivity index (χ2v) is 9.94. The Balaban J connectivity index is 1.68. The average Bonchev–Trinajstić information content (AvgIpc) is 3.27. The zero-order valence-corrected chi connectivity index (χ0v) is 23.8. The molecule has 41 heavy (non-hydrogen) atoms. The predicted molar refractivity (Wildman–Crippen MR) is 157 cm³/mol. The third-order valence-corrected chi connectivity index (χ3v) is 7.06. The van der Waals surface area contributed by atoms with Crippen molar-refractivity contribution < 1.29 is 28.2 Å². The van der Waals surface area contributed by atoms with Gasteiger partial charge in [0, 0.05) is 10.7 Å². The smallest absolute Gasteiger partial charge is 0.338 e. The van der Waals surface area contributed by atoms with E-state index in [0.717, 1.165) is 12.8 Å². The van der Waals surface area contributed by atoms with E-state index in [9.17, 15) is 14.4 Å². The molecule has 1 atom stereocenters. The first-order chi connectivity index (χ1) is 19.9. The van der Waals surface area contributed by atoms with Gasteiger partial charge in [0.1, 0.15) is 5.58 Å². The maximum Gasteiger partial charge on any atom is 0.338 e. The average molecular weight is 576 g/mol. The van der Waals surface area contributed by atoms with E-state index in [2.05, 4.69) is 6.92 Å². The summed E-state index contributed by atoms with van der Waals surface area (Å²) in [5, 5.41) is 0.655. The SMILES string of the molecule is CCCCOc1ccc(C2c3c(oc4ccc(Cl)cc4c3=O)C(=O)N2c2ccc(C(=O)OCC)cc2)cc1OCC. The molecule has 5 rings (SSSR count). The van der Waals surface area contributed by atoms with Crippen molar-refractivity contribution in [1.82, 2.24) is 0 Å². The van der Waals surface area contributed by atoms with E-state index in [-0.39, 0.29) is 34.3 Å². The van der Waals surface area contributed by atoms with Gasteiger partial charge in [0.2, 0.25) is 5.76 Å². The molecule has 0 aliphatic carbocycles. The Morgan fingerprint density at radius 3 is 2.41 bits per heavy atom. The summed E-state index contributed by atoms with van der Waals surface area (Å²) in [7, 11) is 0. The van der Waals surface area contributed by atoms with Crippen molar-refractivity contribution in [1.29, 1.82) is 0 Å². The highest BCUT2D eigenvalue weighted by Crippen LogP contribution is 2.43. The summed E-state index contributed by atoms with van der Waals surface area (Å²) >= 11 is 6.21. The fourth-order valence-corrected chi connectivity index (χ4v) is 5.08. The fourth-order valence-electron chi connectivity index (χ4n) is 4.91. The lowest BCUT2D eigenvalue weighted by atomic mass is 9.97. The van der Waals surface area contributed by atoms with E-state index < -0.39 is 17.9 Å². The third kappa shape index (κ3) is 5.39. The summed E-state index contributed by atoms with van der Waals surface area (Å²) in [5.74, 6) is 0.0883. The number of carbonyl (C=O) groups excluding carboxylic acids is 2. The molecule has 0 N–H and O–H groups in total. The van der Waals surface area contributed by atoms with Crippen LogP contribution in [0.4, 0.5) is 5.69 Å². The van der Waals surface area contributed by atoms with Gasteiger partial charge >= 0.3 is 5.97 Å². The maximum absolute atomic E-state index is 13.9. The lowest BCUT2D eigenvalue weighted by Crippen LogP contribution is -2.29. The van der Waals surface area contributed by atoms with Crippen LogP contribution in [-0.4, -0.2) is 31.7 Å². The highest BCUT2D eigenvalue weighted by molar-refractivity contribution is 6.31. The van der Waals surface area contributed by atoms with E-state index >= 15 is 0 Å². The van der Waals surface area contributed by atoms with Gasteiger partial charge in [-0.05, 0) is 80.4 Å². The molecule has 0 saturated heterocycles. The minimum Gasteiger partial charge on any atom is -0.490 e. The molecule has 1 amide bonds. The number of nitrogens with zero attached hydrogens (tertiary/aromatic N) is 1. The van der Waals surface area contributed by atoms with Gasteiger partial charge in [-0.1, -0.05) is 31.0 Å². The molecule has 3 aromatic carbocycles. The fraction of sp³-hybridized carbons (Fsp3) is 0.281. The lowest BCUT2D eigenvalue weighted by Gasteiger charge is -2.26. The van der Waals surface area contributed by atoms with Gasteiger partial charge in [-0.2, -0.15) is 0 Å². The molecule has 1 aromatic heterocycles. The summed E-state index contributed by atoms with van der Waals surface area (Å²) in [6, 6.07) is 15.8. The van der Waals surface area contributed by atoms with Crippen LogP contribution in [0.5, 0.6) is 11.5 Å². The molecule has 212 valence electrons. The second kappa shape index (κ2) is 12.1. The minimum absolute atomic E-state index is 0.0504. The lowest BCUT2D eigenvalue weighted by molar-refractivity contribution is 0.0526. The Morgan fingerprint density at radius 2 is 1.71 bits per heavy atom. The third-order valence-electron chi connectivity index (χ3n) is 6.83. The van der Waals surface area contributed by atoms with Crippen LogP contribution >= 0.6 is 11.6 Å². The van der Waals surface area contributed by atoms with Crippen LogP contribution in [0.3, 0.4) is 0 Å². The minimum atomic E-state index is -0.838. The first-order valence-electron chi connectivity index (χ1n) is 13.6. The maximum atomic E-state index is 13.9. The molecule has 0 saturated carbocycles. The highest BCUT2D eigenvalue weighted by Gasteiger charge is 2.44. The van der Waals surface area contributed by atoms with Gasteiger partial charge < -0.3 is 18.6 Å². The predicted octanol–water partition coefficient (Wildman–Crippen LogP) is 6.95. The molecule has 2 heterocycles. The van der Waals surface area contributed by atoms with Gasteiger partial charge in [-0.15, -0.1) is 0 Å². The van der Waals surface area contributed by atoms with Crippen molar-refractivity contribution in [2.75, 3.05) is 24.7 Å². The van der Waals surface area contributed by atoms with E-state index in [0.29, 0.717) is 46.5 Å². The van der Waals surface area contributed by atoms with Crippen molar-refractivity contribution in [2.24, 2.45) is 0 Å². The molecule has 0 radical (unpaired) electrons. The van der Waals surface area contributed by atoms with Gasteiger partial charge in [-0.3, -0.25) is 14.5 Å². The Kier molecular flexibility index (Phi) is 8.31. The number of rotatable bonds is 10. The number of halogens is 1. The number of amides is 1. The molecule has 0 bridgehead atoms. The molecular weight excluding hydrogens is 546 g/mol. The largest absolute Gasteiger partial charge is 0.490 e. The van der Waals surface area contributed by atoms with Crippen LogP contribution in [0.25, 0.3) is 11.0 Å². The molecule has 1 aliphatic rings. The first-order valence-corrected chi connectivity index (χ1v) is 14.0. The highest BCUT2D eigenvalue weighted by atomic mass is 35.5. The molecule has 8 nitrogen and oxygen atoms in total. The number of fused-ring (bicyclic) bond motifs is 2. The van der Waals surface area contributed by atoms with Crippen molar-refractivity contribution in [3.8, 4) is 11.5 Å². The number of esters is 1. The number of benzene rings is 3. The molecular formula is C32H30ClNO7. The van der Waals surface area contributed by atoms with Crippen LogP contribution in [0.2, 0.25) is 5.02 Å². The summed E-state index contributed by atoms with van der Waals surface area (Å²) in [6.45, 7) is 6.87. The number of anilines is 1. The Labute approximate surface area is 242 Å². The molecule has 4 aromatic rings. The summed E-state index contributed by atoms with van der Waals surface area (Å²) in [5.41, 5.74) is 1.56. The van der Waals surface area contributed by atoms with Gasteiger partial charge in [0.25, 0.3) is 5.91 Å². The summed E-state index contributed by atoms with van der Waals surface area (Å²) in [6.07, 6.45) is 1.88. The van der Waals surface area contributed by atoms with E-state index in [1.807, 2.05) is 13.0 Å². The monoisotopic (exact) mass is 575 g/mol. The van der Waals surface area contributed by atoms with Crippen molar-refractivity contribution in [3.05, 3.63) is 98.4 Å². The number of hydrogen-bond acceptors (Lipinski definition) is 7. The van der Waals surface area contributed by atoms with Gasteiger partial charge in [-0.25, -0.2) is 4.79 Å². The topological polar surface area (TPSA) is 95.3 Å². The zero-order chi connectivity index (χ0) is 29.1. The van der Waals surface area contributed by atoms with Crippen molar-refractivity contribution >= 4 is 40.1 Å². The van der Waals surface area contributed by atoms with E-state index in [1.165, 1.54) is 11.0 Å².